The van der Waals surface area contributed by atoms with Crippen LogP contribution < -0.4 is 5.73 Å². The number of carbonyl (C=O) groups excluding carboxylic acids is 1. The highest BCUT2D eigenvalue weighted by Gasteiger charge is 2.27. The van der Waals surface area contributed by atoms with Crippen LogP contribution in [0.25, 0.3) is 0 Å². The fraction of sp³-hybridized carbons (Fsp3) is 0.417. The molecule has 2 N–H and O–H groups in total. The van der Waals surface area contributed by atoms with Crippen LogP contribution in [0.1, 0.15) is 16.8 Å². The van der Waals surface area contributed by atoms with E-state index in [0.29, 0.717) is 11.3 Å². The Morgan fingerprint density at radius 3 is 2.63 bits per heavy atom. The van der Waals surface area contributed by atoms with Gasteiger partial charge in [0.05, 0.1) is 18.8 Å². The SMILES string of the molecule is Nc1cccc(C(=O)OCCCOCC(F)(F)F)c1. The number of nitrogen functional groups attached to an aromatic ring is 1. The van der Waals surface area contributed by atoms with Gasteiger partial charge in [0.15, 0.2) is 0 Å². The molecule has 106 valence electrons. The lowest BCUT2D eigenvalue weighted by Gasteiger charge is -2.08. The lowest BCUT2D eigenvalue weighted by molar-refractivity contribution is -0.174. The summed E-state index contributed by atoms with van der Waals surface area (Å²) < 4.78 is 44.4. The molecule has 1 aromatic carbocycles. The van der Waals surface area contributed by atoms with Gasteiger partial charge in [-0.2, -0.15) is 13.2 Å². The number of alkyl halides is 3. The van der Waals surface area contributed by atoms with E-state index < -0.39 is 18.8 Å². The molecule has 0 radical (unpaired) electrons. The lowest BCUT2D eigenvalue weighted by Crippen LogP contribution is -2.18. The molecule has 0 spiro atoms. The van der Waals surface area contributed by atoms with Gasteiger partial charge < -0.3 is 15.2 Å². The van der Waals surface area contributed by atoms with E-state index in [1.54, 1.807) is 18.2 Å². The largest absolute Gasteiger partial charge is 0.462 e. The van der Waals surface area contributed by atoms with E-state index in [0.717, 1.165) is 0 Å². The third-order valence-electron chi connectivity index (χ3n) is 2.05. The van der Waals surface area contributed by atoms with E-state index in [4.69, 9.17) is 10.5 Å². The van der Waals surface area contributed by atoms with Crippen LogP contribution in [0.3, 0.4) is 0 Å². The quantitative estimate of drug-likeness (QED) is 0.492. The molecule has 0 atom stereocenters. The van der Waals surface area contributed by atoms with Crippen molar-refractivity contribution in [2.24, 2.45) is 0 Å². The minimum absolute atomic E-state index is 0.00844. The Morgan fingerprint density at radius 2 is 2.00 bits per heavy atom. The molecule has 1 rings (SSSR count). The van der Waals surface area contributed by atoms with E-state index in [-0.39, 0.29) is 19.6 Å². The van der Waals surface area contributed by atoms with Crippen LogP contribution >= 0.6 is 0 Å². The Kier molecular flexibility index (Phi) is 5.62. The number of rotatable bonds is 6. The Hall–Kier alpha value is -1.76. The number of carbonyl (C=O) groups is 1. The zero-order valence-corrected chi connectivity index (χ0v) is 10.1. The smallest absolute Gasteiger partial charge is 0.411 e. The second-order valence-electron chi connectivity index (χ2n) is 3.78. The van der Waals surface area contributed by atoms with Gasteiger partial charge in [-0.1, -0.05) is 6.07 Å². The molecule has 0 saturated carbocycles. The van der Waals surface area contributed by atoms with Crippen molar-refractivity contribution in [1.82, 2.24) is 0 Å². The van der Waals surface area contributed by atoms with Crippen molar-refractivity contribution in [3.8, 4) is 0 Å². The molecule has 0 amide bonds. The predicted octanol–water partition coefficient (Wildman–Crippen LogP) is 2.39. The third-order valence-corrected chi connectivity index (χ3v) is 2.05. The summed E-state index contributed by atoms with van der Waals surface area (Å²) in [6, 6.07) is 6.24. The number of esters is 1. The fourth-order valence-corrected chi connectivity index (χ4v) is 1.26. The highest BCUT2D eigenvalue weighted by Crippen LogP contribution is 2.14. The van der Waals surface area contributed by atoms with Crippen LogP contribution in [-0.4, -0.2) is 32.0 Å². The molecule has 0 heterocycles. The van der Waals surface area contributed by atoms with Gasteiger partial charge in [0.1, 0.15) is 6.61 Å². The molecule has 0 fully saturated rings. The number of halogens is 3. The van der Waals surface area contributed by atoms with Gasteiger partial charge in [-0.15, -0.1) is 0 Å². The zero-order chi connectivity index (χ0) is 14.3. The monoisotopic (exact) mass is 277 g/mol. The minimum atomic E-state index is -4.34. The van der Waals surface area contributed by atoms with Gasteiger partial charge in [-0.05, 0) is 18.2 Å². The molecular weight excluding hydrogens is 263 g/mol. The Bertz CT molecular complexity index is 421. The maximum absolute atomic E-state index is 11.7. The molecule has 0 bridgehead atoms. The van der Waals surface area contributed by atoms with Crippen molar-refractivity contribution >= 4 is 11.7 Å². The highest BCUT2D eigenvalue weighted by molar-refractivity contribution is 5.90. The molecule has 4 nitrogen and oxygen atoms in total. The maximum atomic E-state index is 11.7. The molecule has 19 heavy (non-hydrogen) atoms. The van der Waals surface area contributed by atoms with Crippen molar-refractivity contribution in [2.45, 2.75) is 12.6 Å². The van der Waals surface area contributed by atoms with Crippen molar-refractivity contribution in [2.75, 3.05) is 25.6 Å². The minimum Gasteiger partial charge on any atom is -0.462 e. The summed E-state index contributed by atoms with van der Waals surface area (Å²) in [6.45, 7) is -1.43. The van der Waals surface area contributed by atoms with Crippen LogP contribution in [0.15, 0.2) is 24.3 Å². The Morgan fingerprint density at radius 1 is 1.26 bits per heavy atom. The molecular formula is C12H14F3NO3. The van der Waals surface area contributed by atoms with Gasteiger partial charge in [0.2, 0.25) is 0 Å². The van der Waals surface area contributed by atoms with Gasteiger partial charge in [0, 0.05) is 12.1 Å². The summed E-state index contributed by atoms with van der Waals surface area (Å²) in [5.41, 5.74) is 6.23. The van der Waals surface area contributed by atoms with E-state index in [2.05, 4.69) is 4.74 Å². The summed E-state index contributed by atoms with van der Waals surface area (Å²) in [4.78, 5) is 11.5. The summed E-state index contributed by atoms with van der Waals surface area (Å²) in [6.07, 6.45) is -4.14. The summed E-state index contributed by atoms with van der Waals surface area (Å²) in [7, 11) is 0. The Labute approximate surface area is 108 Å². The van der Waals surface area contributed by atoms with Gasteiger partial charge >= 0.3 is 12.1 Å². The second kappa shape index (κ2) is 6.98. The molecule has 0 aromatic heterocycles. The topological polar surface area (TPSA) is 61.6 Å². The first-order chi connectivity index (χ1) is 8.88. The molecule has 0 aliphatic rings. The summed E-state index contributed by atoms with van der Waals surface area (Å²) >= 11 is 0. The van der Waals surface area contributed by atoms with Crippen LogP contribution in [0.4, 0.5) is 18.9 Å². The van der Waals surface area contributed by atoms with Crippen molar-refractivity contribution < 1.29 is 27.4 Å². The van der Waals surface area contributed by atoms with Crippen LogP contribution in [-0.2, 0) is 9.47 Å². The van der Waals surface area contributed by atoms with Crippen LogP contribution in [0.2, 0.25) is 0 Å². The Balaban J connectivity index is 2.18. The van der Waals surface area contributed by atoms with Crippen molar-refractivity contribution in [1.29, 1.82) is 0 Å². The van der Waals surface area contributed by atoms with E-state index in [9.17, 15) is 18.0 Å². The van der Waals surface area contributed by atoms with Crippen molar-refractivity contribution in [3.63, 3.8) is 0 Å². The van der Waals surface area contributed by atoms with E-state index in [1.807, 2.05) is 0 Å². The maximum Gasteiger partial charge on any atom is 0.411 e. The predicted molar refractivity (Wildman–Crippen MR) is 62.6 cm³/mol. The number of ether oxygens (including phenoxy) is 2. The van der Waals surface area contributed by atoms with Crippen LogP contribution in [0, 0.1) is 0 Å². The lowest BCUT2D eigenvalue weighted by atomic mass is 10.2. The third kappa shape index (κ3) is 6.66. The van der Waals surface area contributed by atoms with Crippen molar-refractivity contribution in [3.05, 3.63) is 29.8 Å². The summed E-state index contributed by atoms with van der Waals surface area (Å²) in [5.74, 6) is -0.567. The number of nitrogens with two attached hydrogens (primary N) is 1. The first-order valence-corrected chi connectivity index (χ1v) is 5.55. The summed E-state index contributed by atoms with van der Waals surface area (Å²) in [5, 5.41) is 0. The average Bonchev–Trinajstić information content (AvgIpc) is 2.32. The average molecular weight is 277 g/mol. The number of benzene rings is 1. The molecule has 7 heteroatoms. The van der Waals surface area contributed by atoms with Gasteiger partial charge in [-0.3, -0.25) is 0 Å². The van der Waals surface area contributed by atoms with E-state index >= 15 is 0 Å². The molecule has 0 aliphatic carbocycles. The normalized spacial score (nSPS) is 11.3. The first-order valence-electron chi connectivity index (χ1n) is 5.55. The van der Waals surface area contributed by atoms with Gasteiger partial charge in [0.25, 0.3) is 0 Å². The fourth-order valence-electron chi connectivity index (χ4n) is 1.26. The number of hydrogen-bond acceptors (Lipinski definition) is 4. The number of hydrogen-bond donors (Lipinski definition) is 1. The molecule has 0 saturated heterocycles. The van der Waals surface area contributed by atoms with Crippen LogP contribution in [0.5, 0.6) is 0 Å². The second-order valence-corrected chi connectivity index (χ2v) is 3.78. The standard InChI is InChI=1S/C12H14F3NO3/c13-12(14,15)8-18-5-2-6-19-11(17)9-3-1-4-10(16)7-9/h1,3-4,7H,2,5-6,8,16H2. The molecule has 1 aromatic rings. The van der Waals surface area contributed by atoms with Gasteiger partial charge in [-0.25, -0.2) is 4.79 Å². The van der Waals surface area contributed by atoms with E-state index in [1.165, 1.54) is 6.07 Å². The highest BCUT2D eigenvalue weighted by atomic mass is 19.4. The molecule has 0 unspecified atom stereocenters. The first kappa shape index (κ1) is 15.3. The zero-order valence-electron chi connectivity index (χ0n) is 10.1. The number of anilines is 1. The molecule has 0 aliphatic heterocycles.